The average molecular weight is 419 g/mol. The van der Waals surface area contributed by atoms with E-state index >= 15 is 0 Å². The number of hydrogen-bond donors (Lipinski definition) is 3. The first-order valence-electron chi connectivity index (χ1n) is 9.71. The molecule has 0 heterocycles. The van der Waals surface area contributed by atoms with Crippen LogP contribution in [0.3, 0.4) is 0 Å². The maximum absolute atomic E-state index is 14.0. The second-order valence-electron chi connectivity index (χ2n) is 6.60. The molecule has 0 aliphatic rings. The molecule has 0 fully saturated rings. The predicted molar refractivity (Wildman–Crippen MR) is 115 cm³/mol. The van der Waals surface area contributed by atoms with Crippen molar-refractivity contribution in [1.29, 1.82) is 0 Å². The molecule has 0 saturated heterocycles. The lowest BCUT2D eigenvalue weighted by Gasteiger charge is -2.20. The van der Waals surface area contributed by atoms with Crippen LogP contribution in [0, 0.1) is 5.82 Å². The Balaban J connectivity index is 2.14. The van der Waals surface area contributed by atoms with E-state index in [2.05, 4.69) is 15.6 Å². The summed E-state index contributed by atoms with van der Waals surface area (Å²) in [6.07, 6.45) is -0.890. The number of guanidine groups is 1. The van der Waals surface area contributed by atoms with Gasteiger partial charge in [0.1, 0.15) is 17.6 Å². The molecule has 2 aromatic rings. The summed E-state index contributed by atoms with van der Waals surface area (Å²) in [5.41, 5.74) is 1.33. The van der Waals surface area contributed by atoms with Crippen LogP contribution in [0.5, 0.6) is 17.2 Å². The molecule has 0 aromatic heterocycles. The molecule has 2 rings (SSSR count). The highest BCUT2D eigenvalue weighted by Crippen LogP contribution is 2.29. The highest BCUT2D eigenvalue weighted by Gasteiger charge is 2.16. The molecule has 0 saturated carbocycles. The normalized spacial score (nSPS) is 13.4. The first kappa shape index (κ1) is 23.3. The lowest BCUT2D eigenvalue weighted by atomic mass is 10.1. The summed E-state index contributed by atoms with van der Waals surface area (Å²) in [6.45, 7) is 4.57. The van der Waals surface area contributed by atoms with E-state index in [1.54, 1.807) is 44.6 Å². The molecular weight excluding hydrogens is 389 g/mol. The number of hydrogen-bond acceptors (Lipinski definition) is 5. The van der Waals surface area contributed by atoms with Crippen LogP contribution in [0.15, 0.2) is 41.4 Å². The summed E-state index contributed by atoms with van der Waals surface area (Å²) in [5, 5.41) is 17.0. The van der Waals surface area contributed by atoms with Crippen molar-refractivity contribution in [2.75, 3.05) is 34.4 Å². The Morgan fingerprint density at radius 3 is 2.37 bits per heavy atom. The minimum atomic E-state index is -0.890. The maximum atomic E-state index is 14.0. The number of nitrogens with one attached hydrogen (secondary N) is 2. The van der Waals surface area contributed by atoms with Gasteiger partial charge in [0.25, 0.3) is 0 Å². The summed E-state index contributed by atoms with van der Waals surface area (Å²) >= 11 is 0. The van der Waals surface area contributed by atoms with Crippen LogP contribution >= 0.6 is 0 Å². The SMILES string of the molecule is CCNC(=NCC(O)c1cc(OC)ccc1OC)NC(C)c1ccc(OC)c(F)c1. The van der Waals surface area contributed by atoms with Gasteiger partial charge in [0.2, 0.25) is 0 Å². The molecule has 0 bridgehead atoms. The van der Waals surface area contributed by atoms with Crippen LogP contribution in [0.2, 0.25) is 0 Å². The van der Waals surface area contributed by atoms with Crippen molar-refractivity contribution >= 4 is 5.96 Å². The van der Waals surface area contributed by atoms with E-state index in [-0.39, 0.29) is 18.3 Å². The van der Waals surface area contributed by atoms with Crippen molar-refractivity contribution in [3.8, 4) is 17.2 Å². The number of benzene rings is 2. The number of aliphatic hydroxyl groups is 1. The Morgan fingerprint density at radius 1 is 1.07 bits per heavy atom. The summed E-state index contributed by atoms with van der Waals surface area (Å²) in [6, 6.07) is 9.82. The van der Waals surface area contributed by atoms with Gasteiger partial charge in [-0.3, -0.25) is 4.99 Å². The van der Waals surface area contributed by atoms with E-state index in [4.69, 9.17) is 14.2 Å². The van der Waals surface area contributed by atoms with E-state index < -0.39 is 11.9 Å². The number of halogens is 1. The standard InChI is InChI=1S/C22H30FN3O4/c1-6-24-22(26-14(2)15-7-9-21(30-5)18(23)11-15)25-13-19(27)17-12-16(28-3)8-10-20(17)29-4/h7-12,14,19,27H,6,13H2,1-5H3,(H2,24,25,26). The smallest absolute Gasteiger partial charge is 0.191 e. The third-order valence-electron chi connectivity index (χ3n) is 4.59. The largest absolute Gasteiger partial charge is 0.497 e. The van der Waals surface area contributed by atoms with Crippen LogP contribution in [0.4, 0.5) is 4.39 Å². The molecular formula is C22H30FN3O4. The molecule has 0 amide bonds. The quantitative estimate of drug-likeness (QED) is 0.428. The molecule has 0 radical (unpaired) electrons. The fraction of sp³-hybridized carbons (Fsp3) is 0.409. The fourth-order valence-corrected chi connectivity index (χ4v) is 2.94. The molecule has 8 heteroatoms. The van der Waals surface area contributed by atoms with Crippen LogP contribution in [-0.2, 0) is 0 Å². The molecule has 0 aliphatic carbocycles. The number of methoxy groups -OCH3 is 3. The minimum absolute atomic E-state index is 0.0998. The van der Waals surface area contributed by atoms with Crippen LogP contribution < -0.4 is 24.8 Å². The Kier molecular flexibility index (Phi) is 8.73. The molecule has 0 aliphatic heterocycles. The molecule has 164 valence electrons. The van der Waals surface area contributed by atoms with Crippen molar-refractivity contribution in [1.82, 2.24) is 10.6 Å². The fourth-order valence-electron chi connectivity index (χ4n) is 2.94. The Labute approximate surface area is 176 Å². The summed E-state index contributed by atoms with van der Waals surface area (Å²) in [5.74, 6) is 1.45. The van der Waals surface area contributed by atoms with Gasteiger partial charge >= 0.3 is 0 Å². The zero-order valence-electron chi connectivity index (χ0n) is 18.0. The highest BCUT2D eigenvalue weighted by molar-refractivity contribution is 5.80. The highest BCUT2D eigenvalue weighted by atomic mass is 19.1. The summed E-state index contributed by atoms with van der Waals surface area (Å²) in [7, 11) is 4.54. The van der Waals surface area contributed by atoms with Crippen molar-refractivity contribution < 1.29 is 23.7 Å². The van der Waals surface area contributed by atoms with Crippen molar-refractivity contribution in [3.05, 3.63) is 53.3 Å². The van der Waals surface area contributed by atoms with Crippen molar-refractivity contribution in [2.45, 2.75) is 26.0 Å². The second-order valence-corrected chi connectivity index (χ2v) is 6.60. The maximum Gasteiger partial charge on any atom is 0.191 e. The van der Waals surface area contributed by atoms with E-state index in [0.717, 1.165) is 5.56 Å². The number of ether oxygens (including phenoxy) is 3. The van der Waals surface area contributed by atoms with Gasteiger partial charge in [-0.1, -0.05) is 6.07 Å². The van der Waals surface area contributed by atoms with Crippen LogP contribution in [-0.4, -0.2) is 45.5 Å². The van der Waals surface area contributed by atoms with E-state index in [1.165, 1.54) is 13.2 Å². The zero-order valence-corrected chi connectivity index (χ0v) is 18.0. The van der Waals surface area contributed by atoms with Gasteiger partial charge < -0.3 is 30.0 Å². The van der Waals surface area contributed by atoms with Gasteiger partial charge in [-0.15, -0.1) is 0 Å². The second kappa shape index (κ2) is 11.3. The molecule has 2 atom stereocenters. The van der Waals surface area contributed by atoms with Gasteiger partial charge in [-0.25, -0.2) is 4.39 Å². The molecule has 2 unspecified atom stereocenters. The third kappa shape index (κ3) is 6.00. The average Bonchev–Trinajstić information content (AvgIpc) is 2.76. The van der Waals surface area contributed by atoms with E-state index in [9.17, 15) is 9.50 Å². The van der Waals surface area contributed by atoms with Gasteiger partial charge in [-0.2, -0.15) is 0 Å². The molecule has 7 nitrogen and oxygen atoms in total. The number of rotatable bonds is 9. The molecule has 0 spiro atoms. The van der Waals surface area contributed by atoms with Gasteiger partial charge in [0, 0.05) is 12.1 Å². The number of aliphatic hydroxyl groups excluding tert-OH is 1. The summed E-state index contributed by atoms with van der Waals surface area (Å²) < 4.78 is 29.5. The molecule has 30 heavy (non-hydrogen) atoms. The Morgan fingerprint density at radius 2 is 1.77 bits per heavy atom. The lowest BCUT2D eigenvalue weighted by Crippen LogP contribution is -2.39. The number of nitrogens with zero attached hydrogens (tertiary/aromatic N) is 1. The summed E-state index contributed by atoms with van der Waals surface area (Å²) in [4.78, 5) is 4.47. The first-order chi connectivity index (χ1) is 14.4. The van der Waals surface area contributed by atoms with Crippen LogP contribution in [0.1, 0.15) is 37.1 Å². The topological polar surface area (TPSA) is 84.3 Å². The lowest BCUT2D eigenvalue weighted by molar-refractivity contribution is 0.182. The van der Waals surface area contributed by atoms with Crippen molar-refractivity contribution in [2.24, 2.45) is 4.99 Å². The minimum Gasteiger partial charge on any atom is -0.497 e. The van der Waals surface area contributed by atoms with Gasteiger partial charge in [-0.05, 0) is 49.7 Å². The van der Waals surface area contributed by atoms with Crippen LogP contribution in [0.25, 0.3) is 0 Å². The predicted octanol–water partition coefficient (Wildman–Crippen LogP) is 3.20. The zero-order chi connectivity index (χ0) is 22.1. The van der Waals surface area contributed by atoms with Gasteiger partial charge in [0.05, 0.1) is 33.9 Å². The number of aliphatic imine (C=N–C) groups is 1. The molecule has 2 aromatic carbocycles. The Bertz CT molecular complexity index is 860. The van der Waals surface area contributed by atoms with E-state index in [1.807, 2.05) is 13.8 Å². The van der Waals surface area contributed by atoms with Gasteiger partial charge in [0.15, 0.2) is 17.5 Å². The van der Waals surface area contributed by atoms with E-state index in [0.29, 0.717) is 29.6 Å². The first-order valence-corrected chi connectivity index (χ1v) is 9.71. The monoisotopic (exact) mass is 419 g/mol. The molecule has 3 N–H and O–H groups in total. The van der Waals surface area contributed by atoms with Crippen molar-refractivity contribution in [3.63, 3.8) is 0 Å². The third-order valence-corrected chi connectivity index (χ3v) is 4.59. The Hall–Kier alpha value is -3.00.